The molecule has 20 heavy (non-hydrogen) atoms. The average molecular weight is 276 g/mol. The van der Waals surface area contributed by atoms with E-state index in [0.717, 1.165) is 44.6 Å². The minimum absolute atomic E-state index is 0.0204. The number of carbonyl (C=O) groups is 1. The van der Waals surface area contributed by atoms with Gasteiger partial charge in [0.1, 0.15) is 5.82 Å². The normalized spacial score (nSPS) is 26.2. The molecule has 2 aliphatic rings. The SMILES string of the molecule is Cc1ccc(F)cc1C(=O)N1CCCC2(CCNC2)C1. The number of likely N-dealkylation sites (tertiary alicyclic amines) is 1. The maximum atomic E-state index is 13.4. The summed E-state index contributed by atoms with van der Waals surface area (Å²) in [6.45, 7) is 5.49. The van der Waals surface area contributed by atoms with Gasteiger partial charge in [-0.05, 0) is 50.4 Å². The molecule has 2 saturated heterocycles. The molecule has 2 heterocycles. The number of hydrogen-bond acceptors (Lipinski definition) is 2. The van der Waals surface area contributed by atoms with Crippen molar-refractivity contribution < 1.29 is 9.18 Å². The first-order valence-corrected chi connectivity index (χ1v) is 7.36. The van der Waals surface area contributed by atoms with Crippen molar-refractivity contribution in [1.82, 2.24) is 10.2 Å². The van der Waals surface area contributed by atoms with E-state index in [1.54, 1.807) is 6.07 Å². The molecule has 1 aromatic rings. The van der Waals surface area contributed by atoms with Crippen LogP contribution in [0.5, 0.6) is 0 Å². The largest absolute Gasteiger partial charge is 0.338 e. The summed E-state index contributed by atoms with van der Waals surface area (Å²) in [5, 5.41) is 3.40. The number of benzene rings is 1. The molecule has 2 aliphatic heterocycles. The highest BCUT2D eigenvalue weighted by Crippen LogP contribution is 2.36. The van der Waals surface area contributed by atoms with E-state index in [2.05, 4.69) is 5.32 Å². The molecule has 1 spiro atoms. The summed E-state index contributed by atoms with van der Waals surface area (Å²) in [6.07, 6.45) is 3.37. The van der Waals surface area contributed by atoms with E-state index < -0.39 is 0 Å². The molecule has 3 nitrogen and oxygen atoms in total. The summed E-state index contributed by atoms with van der Waals surface area (Å²) in [4.78, 5) is 14.6. The fourth-order valence-electron chi connectivity index (χ4n) is 3.52. The molecule has 2 fully saturated rings. The van der Waals surface area contributed by atoms with Crippen LogP contribution in [0.25, 0.3) is 0 Å². The van der Waals surface area contributed by atoms with E-state index >= 15 is 0 Å². The first kappa shape index (κ1) is 13.6. The number of nitrogens with one attached hydrogen (secondary N) is 1. The van der Waals surface area contributed by atoms with Crippen molar-refractivity contribution in [3.05, 3.63) is 35.1 Å². The quantitative estimate of drug-likeness (QED) is 0.854. The van der Waals surface area contributed by atoms with Gasteiger partial charge in [-0.25, -0.2) is 4.39 Å². The van der Waals surface area contributed by atoms with Gasteiger partial charge in [0.25, 0.3) is 5.91 Å². The molecule has 4 heteroatoms. The minimum atomic E-state index is -0.340. The molecule has 1 N–H and O–H groups in total. The van der Waals surface area contributed by atoms with Gasteiger partial charge in [-0.3, -0.25) is 4.79 Å². The van der Waals surface area contributed by atoms with Crippen molar-refractivity contribution in [3.63, 3.8) is 0 Å². The van der Waals surface area contributed by atoms with E-state index in [1.807, 2.05) is 11.8 Å². The highest BCUT2D eigenvalue weighted by atomic mass is 19.1. The van der Waals surface area contributed by atoms with Crippen molar-refractivity contribution in [3.8, 4) is 0 Å². The van der Waals surface area contributed by atoms with Crippen molar-refractivity contribution in [1.29, 1.82) is 0 Å². The number of piperidine rings is 1. The van der Waals surface area contributed by atoms with Gasteiger partial charge in [-0.1, -0.05) is 6.07 Å². The van der Waals surface area contributed by atoms with Crippen LogP contribution in [0.15, 0.2) is 18.2 Å². The zero-order valence-corrected chi connectivity index (χ0v) is 11.9. The summed E-state index contributed by atoms with van der Waals surface area (Å²) >= 11 is 0. The van der Waals surface area contributed by atoms with Gasteiger partial charge in [0.2, 0.25) is 0 Å². The van der Waals surface area contributed by atoms with Crippen molar-refractivity contribution in [2.45, 2.75) is 26.2 Å². The summed E-state index contributed by atoms with van der Waals surface area (Å²) < 4.78 is 13.4. The van der Waals surface area contributed by atoms with Gasteiger partial charge in [0.15, 0.2) is 0 Å². The van der Waals surface area contributed by atoms with Crippen LogP contribution in [0.4, 0.5) is 4.39 Å². The topological polar surface area (TPSA) is 32.3 Å². The second-order valence-electron chi connectivity index (χ2n) is 6.22. The highest BCUT2D eigenvalue weighted by Gasteiger charge is 2.39. The Kier molecular flexibility index (Phi) is 3.50. The van der Waals surface area contributed by atoms with Crippen molar-refractivity contribution >= 4 is 5.91 Å². The van der Waals surface area contributed by atoms with Crippen LogP contribution in [0.2, 0.25) is 0 Å². The van der Waals surface area contributed by atoms with Gasteiger partial charge in [-0.15, -0.1) is 0 Å². The van der Waals surface area contributed by atoms with E-state index in [9.17, 15) is 9.18 Å². The number of amides is 1. The van der Waals surface area contributed by atoms with Crippen LogP contribution in [0.3, 0.4) is 0 Å². The second kappa shape index (κ2) is 5.17. The van der Waals surface area contributed by atoms with Crippen LogP contribution in [-0.4, -0.2) is 37.0 Å². The predicted octanol–water partition coefficient (Wildman–Crippen LogP) is 2.35. The molecular weight excluding hydrogens is 255 g/mol. The smallest absolute Gasteiger partial charge is 0.254 e. The van der Waals surface area contributed by atoms with Gasteiger partial charge in [-0.2, -0.15) is 0 Å². The number of nitrogens with zero attached hydrogens (tertiary/aromatic N) is 1. The fraction of sp³-hybridized carbons (Fsp3) is 0.562. The molecule has 0 aromatic heterocycles. The Labute approximate surface area is 119 Å². The van der Waals surface area contributed by atoms with Crippen molar-refractivity contribution in [2.75, 3.05) is 26.2 Å². The van der Waals surface area contributed by atoms with Crippen molar-refractivity contribution in [2.24, 2.45) is 5.41 Å². The van der Waals surface area contributed by atoms with Gasteiger partial charge in [0, 0.05) is 30.6 Å². The molecule has 0 aliphatic carbocycles. The molecule has 108 valence electrons. The van der Waals surface area contributed by atoms with Crippen LogP contribution in [0.1, 0.15) is 35.2 Å². The second-order valence-corrected chi connectivity index (χ2v) is 6.22. The lowest BCUT2D eigenvalue weighted by Gasteiger charge is -2.40. The Bertz CT molecular complexity index is 523. The summed E-state index contributed by atoms with van der Waals surface area (Å²) in [7, 11) is 0. The Balaban J connectivity index is 1.81. The van der Waals surface area contributed by atoms with E-state index in [-0.39, 0.29) is 17.1 Å². The molecule has 1 amide bonds. The Morgan fingerprint density at radius 3 is 3.00 bits per heavy atom. The molecule has 0 saturated carbocycles. The lowest BCUT2D eigenvalue weighted by Crippen LogP contribution is -2.47. The van der Waals surface area contributed by atoms with Gasteiger partial charge >= 0.3 is 0 Å². The Morgan fingerprint density at radius 1 is 1.40 bits per heavy atom. The molecule has 3 rings (SSSR count). The maximum absolute atomic E-state index is 13.4. The zero-order valence-electron chi connectivity index (χ0n) is 11.9. The number of halogens is 1. The molecule has 0 radical (unpaired) electrons. The number of hydrogen-bond donors (Lipinski definition) is 1. The number of aryl methyl sites for hydroxylation is 1. The van der Waals surface area contributed by atoms with Gasteiger partial charge in [0.05, 0.1) is 0 Å². The van der Waals surface area contributed by atoms with E-state index in [4.69, 9.17) is 0 Å². The zero-order chi connectivity index (χ0) is 14.2. The third-order valence-corrected chi connectivity index (χ3v) is 4.71. The molecule has 1 unspecified atom stereocenters. The lowest BCUT2D eigenvalue weighted by molar-refractivity contribution is 0.0552. The third-order valence-electron chi connectivity index (χ3n) is 4.71. The Hall–Kier alpha value is -1.42. The first-order chi connectivity index (χ1) is 9.60. The molecule has 1 aromatic carbocycles. The van der Waals surface area contributed by atoms with Crippen LogP contribution in [-0.2, 0) is 0 Å². The summed E-state index contributed by atoms with van der Waals surface area (Å²) in [5.74, 6) is -0.360. The van der Waals surface area contributed by atoms with E-state index in [0.29, 0.717) is 5.56 Å². The molecule has 0 bridgehead atoms. The third kappa shape index (κ3) is 2.44. The van der Waals surface area contributed by atoms with Crippen LogP contribution < -0.4 is 5.32 Å². The maximum Gasteiger partial charge on any atom is 0.254 e. The predicted molar refractivity (Wildman–Crippen MR) is 76.2 cm³/mol. The summed E-state index contributed by atoms with van der Waals surface area (Å²) in [6, 6.07) is 4.45. The lowest BCUT2D eigenvalue weighted by atomic mass is 9.79. The van der Waals surface area contributed by atoms with Crippen LogP contribution >= 0.6 is 0 Å². The number of carbonyl (C=O) groups excluding carboxylic acids is 1. The standard InChI is InChI=1S/C16H21FN2O/c1-12-3-4-13(17)9-14(12)15(20)19-8-2-5-16(11-19)6-7-18-10-16/h3-4,9,18H,2,5-8,10-11H2,1H3. The van der Waals surface area contributed by atoms with E-state index in [1.165, 1.54) is 18.6 Å². The fourth-order valence-corrected chi connectivity index (χ4v) is 3.52. The molecular formula is C16H21FN2O. The minimum Gasteiger partial charge on any atom is -0.338 e. The van der Waals surface area contributed by atoms with Gasteiger partial charge < -0.3 is 10.2 Å². The van der Waals surface area contributed by atoms with Crippen LogP contribution in [0, 0.1) is 18.2 Å². The summed E-state index contributed by atoms with van der Waals surface area (Å²) in [5.41, 5.74) is 1.60. The average Bonchev–Trinajstić information content (AvgIpc) is 2.88. The monoisotopic (exact) mass is 276 g/mol. The molecule has 1 atom stereocenters. The first-order valence-electron chi connectivity index (χ1n) is 7.36. The highest BCUT2D eigenvalue weighted by molar-refractivity contribution is 5.95. The number of rotatable bonds is 1. The Morgan fingerprint density at radius 2 is 2.25 bits per heavy atom.